The highest BCUT2D eigenvalue weighted by atomic mass is 32.2. The molecule has 5 nitrogen and oxygen atoms in total. The van der Waals surface area contributed by atoms with Gasteiger partial charge in [-0.05, 0) is 6.42 Å². The fraction of sp³-hybridized carbons (Fsp3) is 0.857. The van der Waals surface area contributed by atoms with Gasteiger partial charge in [0.1, 0.15) is 0 Å². The molecule has 0 atom stereocenters. The summed E-state index contributed by atoms with van der Waals surface area (Å²) in [5.74, 6) is -0.654. The Morgan fingerprint density at radius 2 is 2.00 bits per heavy atom. The van der Waals surface area contributed by atoms with Gasteiger partial charge in [-0.1, -0.05) is 13.3 Å². The molecule has 6 heteroatoms. The average Bonchev–Trinajstić information content (AvgIpc) is 2.00. The molecule has 78 valence electrons. The number of hydrogen-bond donors (Lipinski definition) is 0. The van der Waals surface area contributed by atoms with E-state index in [1.807, 2.05) is 6.92 Å². The summed E-state index contributed by atoms with van der Waals surface area (Å²) in [4.78, 5) is 10.8. The van der Waals surface area contributed by atoms with Gasteiger partial charge >= 0.3 is 5.97 Å². The predicted molar refractivity (Wildman–Crippen MR) is 46.7 cm³/mol. The lowest BCUT2D eigenvalue weighted by molar-refractivity contribution is -0.146. The Balaban J connectivity index is 3.53. The Bertz CT molecular complexity index is 244. The molecule has 0 radical (unpaired) electrons. The monoisotopic (exact) mass is 210 g/mol. The van der Waals surface area contributed by atoms with E-state index in [4.69, 9.17) is 0 Å². The number of unbranched alkanes of at least 4 members (excludes halogenated alkanes) is 1. The van der Waals surface area contributed by atoms with Crippen molar-refractivity contribution < 1.29 is 22.1 Å². The molecule has 0 aliphatic rings. The van der Waals surface area contributed by atoms with Gasteiger partial charge in [-0.2, -0.15) is 8.42 Å². The molecule has 0 amide bonds. The highest BCUT2D eigenvalue weighted by Gasteiger charge is 2.07. The van der Waals surface area contributed by atoms with Crippen molar-refractivity contribution >= 4 is 16.1 Å². The van der Waals surface area contributed by atoms with E-state index in [1.54, 1.807) is 0 Å². The van der Waals surface area contributed by atoms with Crippen LogP contribution in [0.3, 0.4) is 0 Å². The highest BCUT2D eigenvalue weighted by molar-refractivity contribution is 7.86. The third-order valence-electron chi connectivity index (χ3n) is 1.15. The third kappa shape index (κ3) is 9.29. The van der Waals surface area contributed by atoms with Crippen LogP contribution in [-0.4, -0.2) is 33.9 Å². The second kappa shape index (κ2) is 5.93. The topological polar surface area (TPSA) is 69.7 Å². The predicted octanol–water partition coefficient (Wildman–Crippen LogP) is 0.306. The quantitative estimate of drug-likeness (QED) is 0.358. The van der Waals surface area contributed by atoms with Crippen molar-refractivity contribution in [3.05, 3.63) is 0 Å². The molecule has 0 aliphatic heterocycles. The standard InChI is InChI=1S/C7H14O5S/c1-3-4-5-11-7(8)6-12-13(2,9)10/h3-6H2,1-2H3. The van der Waals surface area contributed by atoms with E-state index in [0.29, 0.717) is 6.61 Å². The Morgan fingerprint density at radius 3 is 2.46 bits per heavy atom. The van der Waals surface area contributed by atoms with Crippen LogP contribution in [0.1, 0.15) is 19.8 Å². The summed E-state index contributed by atoms with van der Waals surface area (Å²) in [7, 11) is -3.55. The van der Waals surface area contributed by atoms with Crippen LogP contribution in [0.4, 0.5) is 0 Å². The van der Waals surface area contributed by atoms with Crippen molar-refractivity contribution in [2.45, 2.75) is 19.8 Å². The van der Waals surface area contributed by atoms with Crippen LogP contribution in [0.25, 0.3) is 0 Å². The molecule has 0 rings (SSSR count). The summed E-state index contributed by atoms with van der Waals surface area (Å²) in [5, 5.41) is 0. The Morgan fingerprint density at radius 1 is 1.38 bits per heavy atom. The number of rotatable bonds is 6. The van der Waals surface area contributed by atoms with Gasteiger partial charge in [0.05, 0.1) is 12.9 Å². The van der Waals surface area contributed by atoms with Crippen LogP contribution in [0, 0.1) is 0 Å². The van der Waals surface area contributed by atoms with Crippen LogP contribution in [-0.2, 0) is 23.8 Å². The lowest BCUT2D eigenvalue weighted by Gasteiger charge is -2.02. The largest absolute Gasteiger partial charge is 0.464 e. The van der Waals surface area contributed by atoms with Crippen molar-refractivity contribution in [2.24, 2.45) is 0 Å². The zero-order valence-electron chi connectivity index (χ0n) is 7.78. The van der Waals surface area contributed by atoms with E-state index in [2.05, 4.69) is 8.92 Å². The lowest BCUT2D eigenvalue weighted by Crippen LogP contribution is -2.16. The number of ether oxygens (including phenoxy) is 1. The van der Waals surface area contributed by atoms with Gasteiger partial charge in [-0.15, -0.1) is 0 Å². The van der Waals surface area contributed by atoms with Crippen molar-refractivity contribution in [3.63, 3.8) is 0 Å². The first-order valence-corrected chi connectivity index (χ1v) is 5.77. The van der Waals surface area contributed by atoms with Crippen molar-refractivity contribution in [1.82, 2.24) is 0 Å². The molecular weight excluding hydrogens is 196 g/mol. The molecule has 0 N–H and O–H groups in total. The first kappa shape index (κ1) is 12.4. The van der Waals surface area contributed by atoms with Crippen molar-refractivity contribution in [3.8, 4) is 0 Å². The second-order valence-electron chi connectivity index (χ2n) is 2.54. The molecule has 0 unspecified atom stereocenters. The Labute approximate surface area is 78.2 Å². The van der Waals surface area contributed by atoms with Gasteiger partial charge in [0.2, 0.25) is 0 Å². The summed E-state index contributed by atoms with van der Waals surface area (Å²) in [6.07, 6.45) is 2.57. The number of carbonyl (C=O) groups is 1. The van der Waals surface area contributed by atoms with Gasteiger partial charge in [-0.3, -0.25) is 4.18 Å². The average molecular weight is 210 g/mol. The third-order valence-corrected chi connectivity index (χ3v) is 1.70. The highest BCUT2D eigenvalue weighted by Crippen LogP contribution is 1.91. The maximum atomic E-state index is 10.8. The van der Waals surface area contributed by atoms with Crippen LogP contribution >= 0.6 is 0 Å². The molecule has 0 aromatic heterocycles. The molecule has 13 heavy (non-hydrogen) atoms. The van der Waals surface area contributed by atoms with E-state index >= 15 is 0 Å². The van der Waals surface area contributed by atoms with E-state index < -0.39 is 22.7 Å². The van der Waals surface area contributed by atoms with E-state index in [-0.39, 0.29) is 0 Å². The minimum absolute atomic E-state index is 0.308. The zero-order valence-corrected chi connectivity index (χ0v) is 8.59. The van der Waals surface area contributed by atoms with Crippen LogP contribution in [0.2, 0.25) is 0 Å². The van der Waals surface area contributed by atoms with Crippen molar-refractivity contribution in [2.75, 3.05) is 19.5 Å². The fourth-order valence-electron chi connectivity index (χ4n) is 0.527. The maximum absolute atomic E-state index is 10.8. The van der Waals surface area contributed by atoms with Gasteiger partial charge < -0.3 is 4.74 Å². The normalized spacial score (nSPS) is 11.2. The molecule has 0 aliphatic carbocycles. The molecule has 0 aromatic rings. The van der Waals surface area contributed by atoms with Crippen LogP contribution in [0.5, 0.6) is 0 Å². The second-order valence-corrected chi connectivity index (χ2v) is 4.18. The molecule has 0 saturated heterocycles. The van der Waals surface area contributed by atoms with Crippen LogP contribution in [0.15, 0.2) is 0 Å². The van der Waals surface area contributed by atoms with Crippen LogP contribution < -0.4 is 0 Å². The smallest absolute Gasteiger partial charge is 0.333 e. The summed E-state index contributed by atoms with van der Waals surface area (Å²) < 4.78 is 29.7. The molecule has 0 fully saturated rings. The summed E-state index contributed by atoms with van der Waals surface area (Å²) in [6.45, 7) is 1.73. The summed E-state index contributed by atoms with van der Waals surface area (Å²) in [5.41, 5.74) is 0. The fourth-order valence-corrected chi connectivity index (χ4v) is 0.837. The first-order valence-electron chi connectivity index (χ1n) is 3.95. The zero-order chi connectivity index (χ0) is 10.3. The summed E-state index contributed by atoms with van der Waals surface area (Å²) in [6, 6.07) is 0. The van der Waals surface area contributed by atoms with E-state index in [9.17, 15) is 13.2 Å². The SMILES string of the molecule is CCCCOC(=O)COS(C)(=O)=O. The van der Waals surface area contributed by atoms with Gasteiger partial charge in [0.15, 0.2) is 6.61 Å². The Kier molecular flexibility index (Phi) is 5.65. The molecule has 0 spiro atoms. The van der Waals surface area contributed by atoms with Gasteiger partial charge in [0.25, 0.3) is 10.1 Å². The maximum Gasteiger partial charge on any atom is 0.333 e. The number of hydrogen-bond acceptors (Lipinski definition) is 5. The Hall–Kier alpha value is -0.620. The molecule has 0 bridgehead atoms. The summed E-state index contributed by atoms with van der Waals surface area (Å²) >= 11 is 0. The lowest BCUT2D eigenvalue weighted by atomic mass is 10.4. The molecule has 0 heterocycles. The first-order chi connectivity index (χ1) is 5.95. The van der Waals surface area contributed by atoms with Crippen molar-refractivity contribution in [1.29, 1.82) is 0 Å². The number of esters is 1. The minimum atomic E-state index is -3.55. The number of carbonyl (C=O) groups excluding carboxylic acids is 1. The molecule has 0 aromatic carbocycles. The van der Waals surface area contributed by atoms with Gasteiger partial charge in [0, 0.05) is 0 Å². The van der Waals surface area contributed by atoms with E-state index in [1.165, 1.54) is 0 Å². The molecular formula is C7H14O5S. The molecule has 0 saturated carbocycles. The minimum Gasteiger partial charge on any atom is -0.464 e. The van der Waals surface area contributed by atoms with E-state index in [0.717, 1.165) is 19.1 Å². The van der Waals surface area contributed by atoms with Gasteiger partial charge in [-0.25, -0.2) is 4.79 Å².